The Morgan fingerprint density at radius 3 is 2.60 bits per heavy atom. The lowest BCUT2D eigenvalue weighted by molar-refractivity contribution is -0.137. The molecule has 0 bridgehead atoms. The number of nitrogens with zero attached hydrogens (tertiary/aromatic N) is 2. The maximum Gasteiger partial charge on any atom is 0.326 e. The van der Waals surface area contributed by atoms with Crippen molar-refractivity contribution >= 4 is 35.3 Å². The number of carbonyl (C=O) groups is 3. The lowest BCUT2D eigenvalue weighted by Gasteiger charge is -2.46. The van der Waals surface area contributed by atoms with Crippen molar-refractivity contribution in [2.75, 3.05) is 31.1 Å². The van der Waals surface area contributed by atoms with Crippen molar-refractivity contribution < 1.29 is 19.1 Å². The summed E-state index contributed by atoms with van der Waals surface area (Å²) in [5.74, 6) is 1.40. The van der Waals surface area contributed by atoms with Crippen LogP contribution in [0, 0.1) is 12.8 Å². The van der Waals surface area contributed by atoms with E-state index >= 15 is 0 Å². The Labute approximate surface area is 249 Å². The molecule has 0 spiro atoms. The molecule has 7 rings (SSSR count). The number of hydrogen-bond donors (Lipinski definition) is 4. The molecule has 0 aromatic heterocycles. The van der Waals surface area contributed by atoms with Gasteiger partial charge in [0.15, 0.2) is 0 Å². The van der Waals surface area contributed by atoms with E-state index in [0.717, 1.165) is 62.3 Å². The van der Waals surface area contributed by atoms with Gasteiger partial charge in [0.05, 0.1) is 22.4 Å². The molecule has 5 aliphatic rings. The number of hydrogen-bond acceptors (Lipinski definition) is 7. The highest BCUT2D eigenvalue weighted by atomic mass is 32.2. The van der Waals surface area contributed by atoms with E-state index in [4.69, 9.17) is 4.74 Å². The molecule has 4 fully saturated rings. The molecule has 4 saturated heterocycles. The van der Waals surface area contributed by atoms with Crippen LogP contribution in [0.4, 0.5) is 10.5 Å². The fraction of sp³-hybridized carbons (Fsp3) is 0.452. The van der Waals surface area contributed by atoms with Gasteiger partial charge in [-0.25, -0.2) is 4.79 Å². The van der Waals surface area contributed by atoms with E-state index in [1.165, 1.54) is 11.8 Å². The molecule has 3 unspecified atom stereocenters. The minimum absolute atomic E-state index is 0.00211. The summed E-state index contributed by atoms with van der Waals surface area (Å²) >= 11 is 1.50. The first-order chi connectivity index (χ1) is 20.5. The van der Waals surface area contributed by atoms with Gasteiger partial charge >= 0.3 is 6.03 Å². The van der Waals surface area contributed by atoms with E-state index in [9.17, 15) is 14.4 Å². The van der Waals surface area contributed by atoms with Gasteiger partial charge in [0.2, 0.25) is 5.91 Å². The van der Waals surface area contributed by atoms with Crippen LogP contribution in [0.2, 0.25) is 0 Å². The number of ether oxygens (including phenoxy) is 1. The predicted octanol–water partition coefficient (Wildman–Crippen LogP) is 3.05. The molecular formula is C31H36N6O4S. The Hall–Kier alpha value is -3.54. The van der Waals surface area contributed by atoms with E-state index in [-0.39, 0.29) is 47.3 Å². The number of likely N-dealkylation sites (tertiary alicyclic amines) is 1. The van der Waals surface area contributed by atoms with Crippen molar-refractivity contribution in [3.63, 3.8) is 0 Å². The van der Waals surface area contributed by atoms with Crippen LogP contribution < -0.4 is 30.9 Å². The molecule has 4 N–H and O–H groups in total. The van der Waals surface area contributed by atoms with Crippen LogP contribution in [0.3, 0.4) is 0 Å². The maximum absolute atomic E-state index is 13.7. The van der Waals surface area contributed by atoms with Gasteiger partial charge in [0.1, 0.15) is 11.5 Å². The third-order valence-electron chi connectivity index (χ3n) is 8.94. The Morgan fingerprint density at radius 1 is 1.02 bits per heavy atom. The highest BCUT2D eigenvalue weighted by molar-refractivity contribution is 8.04. The van der Waals surface area contributed by atoms with E-state index in [1.807, 2.05) is 65.3 Å². The number of amides is 4. The first kappa shape index (κ1) is 27.3. The molecule has 5 atom stereocenters. The number of carbonyl (C=O) groups excluding carboxylic acids is 3. The second-order valence-electron chi connectivity index (χ2n) is 11.7. The number of rotatable bonds is 6. The van der Waals surface area contributed by atoms with Crippen LogP contribution in [0.15, 0.2) is 59.1 Å². The molecule has 0 aliphatic carbocycles. The number of para-hydroxylation sites is 1. The molecule has 220 valence electrons. The van der Waals surface area contributed by atoms with Crippen molar-refractivity contribution in [3.05, 3.63) is 64.7 Å². The monoisotopic (exact) mass is 588 g/mol. The molecule has 0 radical (unpaired) electrons. The summed E-state index contributed by atoms with van der Waals surface area (Å²) in [6.07, 6.45) is 3.35. The summed E-state index contributed by atoms with van der Waals surface area (Å²) in [5, 5.41) is 13.0. The van der Waals surface area contributed by atoms with Gasteiger partial charge in [-0.3, -0.25) is 14.5 Å². The highest BCUT2D eigenvalue weighted by Gasteiger charge is 2.52. The number of aryl methyl sites for hydroxylation is 1. The van der Waals surface area contributed by atoms with Gasteiger partial charge in [-0.05, 0) is 81.6 Å². The number of nitrogens with one attached hydrogen (secondary N) is 4. The largest absolute Gasteiger partial charge is 0.457 e. The lowest BCUT2D eigenvalue weighted by Crippen LogP contribution is -2.62. The third-order valence-corrected chi connectivity index (χ3v) is 10.3. The smallest absolute Gasteiger partial charge is 0.326 e. The van der Waals surface area contributed by atoms with E-state index in [2.05, 4.69) is 21.3 Å². The Bertz CT molecular complexity index is 1430. The van der Waals surface area contributed by atoms with Gasteiger partial charge in [0, 0.05) is 36.4 Å². The number of benzene rings is 2. The fourth-order valence-electron chi connectivity index (χ4n) is 6.75. The van der Waals surface area contributed by atoms with Gasteiger partial charge in [0.25, 0.3) is 5.91 Å². The summed E-state index contributed by atoms with van der Waals surface area (Å²) in [6.45, 7) is 4.88. The van der Waals surface area contributed by atoms with Crippen molar-refractivity contribution in [1.82, 2.24) is 26.2 Å². The van der Waals surface area contributed by atoms with E-state index in [0.29, 0.717) is 22.9 Å². The zero-order chi connectivity index (χ0) is 28.8. The predicted molar refractivity (Wildman–Crippen MR) is 161 cm³/mol. The molecule has 11 heteroatoms. The normalized spacial score (nSPS) is 28.5. The topological polar surface area (TPSA) is 115 Å². The van der Waals surface area contributed by atoms with E-state index in [1.54, 1.807) is 0 Å². The third kappa shape index (κ3) is 5.03. The number of thioether (sulfide) groups is 1. The molecule has 2 aromatic rings. The zero-order valence-electron chi connectivity index (χ0n) is 23.6. The molecule has 5 aliphatic heterocycles. The number of anilines is 1. The molecule has 5 heterocycles. The van der Waals surface area contributed by atoms with Crippen LogP contribution in [-0.4, -0.2) is 72.4 Å². The van der Waals surface area contributed by atoms with Crippen LogP contribution in [0.25, 0.3) is 0 Å². The zero-order valence-corrected chi connectivity index (χ0v) is 24.4. The van der Waals surface area contributed by atoms with Crippen LogP contribution >= 0.6 is 11.8 Å². The van der Waals surface area contributed by atoms with Crippen molar-refractivity contribution in [2.24, 2.45) is 5.92 Å². The average molecular weight is 589 g/mol. The van der Waals surface area contributed by atoms with Gasteiger partial charge in [-0.15, -0.1) is 0 Å². The standard InChI is InChI=1S/C31H36N6O4S/c1-18-16-21(41-20-7-3-2-4-8-20)9-10-23(18)37-24-12-14-33-29-25(24)26(35-31(37)40)27(42-29)28(38)34-19-6-5-15-36(17-19)30(39)22-11-13-32-22/h2-4,7-10,16,19,22,24-25,29,32-33H,5-6,11-15,17H2,1H3,(H,34,38)(H,35,40)/t19-,22-,24?,25?,29?/m1/s1. The van der Waals surface area contributed by atoms with Crippen molar-refractivity contribution in [3.8, 4) is 11.5 Å². The Kier molecular flexibility index (Phi) is 7.33. The average Bonchev–Trinajstić information content (AvgIpc) is 3.33. The molecule has 0 saturated carbocycles. The SMILES string of the molecule is Cc1cc(Oc2ccccc2)ccc1N1C(=O)NC2=C(C(=O)N[C@@H]3CCCN(C(=O)[C@H]4CCN4)C3)SC3NCCC1C23. The van der Waals surface area contributed by atoms with Crippen molar-refractivity contribution in [2.45, 2.75) is 56.1 Å². The van der Waals surface area contributed by atoms with Crippen LogP contribution in [0.1, 0.15) is 31.2 Å². The van der Waals surface area contributed by atoms with E-state index < -0.39 is 0 Å². The van der Waals surface area contributed by atoms with Gasteiger partial charge < -0.3 is 30.9 Å². The summed E-state index contributed by atoms with van der Waals surface area (Å²) in [5.41, 5.74) is 2.50. The fourth-order valence-corrected chi connectivity index (χ4v) is 8.15. The second kappa shape index (κ2) is 11.3. The first-order valence-corrected chi connectivity index (χ1v) is 15.8. The van der Waals surface area contributed by atoms with Crippen LogP contribution in [0.5, 0.6) is 11.5 Å². The maximum atomic E-state index is 13.7. The Morgan fingerprint density at radius 2 is 1.83 bits per heavy atom. The number of urea groups is 1. The van der Waals surface area contributed by atoms with Crippen molar-refractivity contribution in [1.29, 1.82) is 0 Å². The summed E-state index contributed by atoms with van der Waals surface area (Å²) < 4.78 is 6.01. The lowest BCUT2D eigenvalue weighted by atomic mass is 9.86. The molecular weight excluding hydrogens is 552 g/mol. The van der Waals surface area contributed by atoms with Gasteiger partial charge in [-0.1, -0.05) is 30.0 Å². The van der Waals surface area contributed by atoms with Crippen LogP contribution in [-0.2, 0) is 9.59 Å². The second-order valence-corrected chi connectivity index (χ2v) is 12.8. The summed E-state index contributed by atoms with van der Waals surface area (Å²) in [6, 6.07) is 14.9. The molecule has 10 nitrogen and oxygen atoms in total. The minimum Gasteiger partial charge on any atom is -0.457 e. The Balaban J connectivity index is 1.08. The summed E-state index contributed by atoms with van der Waals surface area (Å²) in [7, 11) is 0. The molecule has 2 aromatic carbocycles. The van der Waals surface area contributed by atoms with Gasteiger partial charge in [-0.2, -0.15) is 0 Å². The first-order valence-electron chi connectivity index (χ1n) is 14.9. The number of piperidine rings is 2. The summed E-state index contributed by atoms with van der Waals surface area (Å²) in [4.78, 5) is 44.4. The highest BCUT2D eigenvalue weighted by Crippen LogP contribution is 2.48. The minimum atomic E-state index is -0.220. The molecule has 42 heavy (non-hydrogen) atoms. The quantitative estimate of drug-likeness (QED) is 0.410. The molecule has 4 amide bonds.